The minimum absolute atomic E-state index is 0.0406. The molecule has 0 saturated heterocycles. The number of nitrogens with one attached hydrogen (secondary N) is 1. The number of hydrogen-bond acceptors (Lipinski definition) is 5. The summed E-state index contributed by atoms with van der Waals surface area (Å²) in [5.74, 6) is 1.59. The molecule has 0 bridgehead atoms. The summed E-state index contributed by atoms with van der Waals surface area (Å²) in [6.07, 6.45) is 0.945. The number of aromatic nitrogens is 1. The highest BCUT2D eigenvalue weighted by atomic mass is 32.2. The second kappa shape index (κ2) is 10.3. The van der Waals surface area contributed by atoms with Gasteiger partial charge < -0.3 is 10.1 Å². The first-order valence-corrected chi connectivity index (χ1v) is 11.2. The molecule has 0 aliphatic heterocycles. The molecular formula is C22H24N2O2S2. The Kier molecular flexibility index (Phi) is 7.51. The van der Waals surface area contributed by atoms with E-state index in [9.17, 15) is 4.79 Å². The quantitative estimate of drug-likeness (QED) is 0.491. The number of carbonyl (C=O) groups is 1. The molecule has 1 heterocycles. The molecule has 2 aromatic carbocycles. The lowest BCUT2D eigenvalue weighted by atomic mass is 10.1. The molecule has 3 rings (SSSR count). The molecule has 0 atom stereocenters. The summed E-state index contributed by atoms with van der Waals surface area (Å²) in [5, 5.41) is 5.07. The number of thiazole rings is 1. The van der Waals surface area contributed by atoms with Crippen LogP contribution in [0.4, 0.5) is 0 Å². The van der Waals surface area contributed by atoms with E-state index < -0.39 is 0 Å². The van der Waals surface area contributed by atoms with Crippen molar-refractivity contribution in [3.63, 3.8) is 0 Å². The van der Waals surface area contributed by atoms with Crippen LogP contribution in [0.3, 0.4) is 0 Å². The first-order chi connectivity index (χ1) is 13.6. The standard InChI is InChI=1S/C22H24N2O2S2/c1-16(2)26-19-9-7-17(8-10-19)11-12-23-22(25)20-5-3-4-6-21(20)28-14-18-13-27-15-24-18/h3-10,13,15-16H,11-12,14H2,1-2H3,(H,23,25). The Labute approximate surface area is 174 Å². The van der Waals surface area contributed by atoms with Crippen LogP contribution in [-0.4, -0.2) is 23.5 Å². The lowest BCUT2D eigenvalue weighted by molar-refractivity contribution is 0.0951. The molecular weight excluding hydrogens is 388 g/mol. The topological polar surface area (TPSA) is 51.2 Å². The fourth-order valence-electron chi connectivity index (χ4n) is 2.66. The van der Waals surface area contributed by atoms with Crippen molar-refractivity contribution in [1.82, 2.24) is 10.3 Å². The predicted octanol–water partition coefficient (Wildman–Crippen LogP) is 5.20. The lowest BCUT2D eigenvalue weighted by Gasteiger charge is -2.11. The van der Waals surface area contributed by atoms with Crippen LogP contribution in [0.2, 0.25) is 0 Å². The Bertz CT molecular complexity index is 878. The number of nitrogens with zero attached hydrogens (tertiary/aromatic N) is 1. The Morgan fingerprint density at radius 2 is 1.96 bits per heavy atom. The summed E-state index contributed by atoms with van der Waals surface area (Å²) in [4.78, 5) is 17.9. The molecule has 0 radical (unpaired) electrons. The fourth-order valence-corrected chi connectivity index (χ4v) is 4.28. The third kappa shape index (κ3) is 6.11. The van der Waals surface area contributed by atoms with Crippen molar-refractivity contribution in [2.24, 2.45) is 0 Å². The second-order valence-corrected chi connectivity index (χ2v) is 8.32. The van der Waals surface area contributed by atoms with E-state index in [2.05, 4.69) is 10.3 Å². The molecule has 3 aromatic rings. The molecule has 0 aliphatic rings. The molecule has 146 valence electrons. The summed E-state index contributed by atoms with van der Waals surface area (Å²) in [5.41, 5.74) is 4.75. The van der Waals surface area contributed by atoms with Crippen molar-refractivity contribution in [2.75, 3.05) is 6.54 Å². The minimum Gasteiger partial charge on any atom is -0.491 e. The van der Waals surface area contributed by atoms with Crippen LogP contribution in [0.25, 0.3) is 0 Å². The molecule has 1 N–H and O–H groups in total. The van der Waals surface area contributed by atoms with Crippen LogP contribution in [-0.2, 0) is 12.2 Å². The van der Waals surface area contributed by atoms with Crippen molar-refractivity contribution < 1.29 is 9.53 Å². The van der Waals surface area contributed by atoms with Gasteiger partial charge in [-0.05, 0) is 50.1 Å². The van der Waals surface area contributed by atoms with Crippen molar-refractivity contribution in [3.8, 4) is 5.75 Å². The number of carbonyl (C=O) groups excluding carboxylic acids is 1. The van der Waals surface area contributed by atoms with Crippen molar-refractivity contribution >= 4 is 29.0 Å². The van der Waals surface area contributed by atoms with Gasteiger partial charge >= 0.3 is 0 Å². The van der Waals surface area contributed by atoms with E-state index in [4.69, 9.17) is 4.74 Å². The van der Waals surface area contributed by atoms with Gasteiger partial charge in [0.25, 0.3) is 5.91 Å². The number of rotatable bonds is 9. The lowest BCUT2D eigenvalue weighted by Crippen LogP contribution is -2.26. The molecule has 4 nitrogen and oxygen atoms in total. The maximum Gasteiger partial charge on any atom is 0.252 e. The number of thioether (sulfide) groups is 1. The van der Waals surface area contributed by atoms with Crippen molar-refractivity contribution in [1.29, 1.82) is 0 Å². The van der Waals surface area contributed by atoms with E-state index in [1.165, 1.54) is 5.56 Å². The van der Waals surface area contributed by atoms with Gasteiger partial charge in [-0.2, -0.15) is 0 Å². The monoisotopic (exact) mass is 412 g/mol. The SMILES string of the molecule is CC(C)Oc1ccc(CCNC(=O)c2ccccc2SCc2cscn2)cc1. The summed E-state index contributed by atoms with van der Waals surface area (Å²) >= 11 is 3.22. The fraction of sp³-hybridized carbons (Fsp3) is 0.273. The average molecular weight is 413 g/mol. The van der Waals surface area contributed by atoms with Gasteiger partial charge in [-0.25, -0.2) is 4.98 Å². The Hall–Kier alpha value is -2.31. The molecule has 0 spiro atoms. The van der Waals surface area contributed by atoms with Crippen LogP contribution in [0.1, 0.15) is 35.5 Å². The van der Waals surface area contributed by atoms with Gasteiger partial charge in [0.2, 0.25) is 0 Å². The third-order valence-electron chi connectivity index (χ3n) is 3.99. The highest BCUT2D eigenvalue weighted by Crippen LogP contribution is 2.26. The van der Waals surface area contributed by atoms with Crippen molar-refractivity contribution in [3.05, 3.63) is 76.2 Å². The molecule has 28 heavy (non-hydrogen) atoms. The zero-order valence-corrected chi connectivity index (χ0v) is 17.7. The number of ether oxygens (including phenoxy) is 1. The molecule has 6 heteroatoms. The molecule has 0 aliphatic carbocycles. The first-order valence-electron chi connectivity index (χ1n) is 9.24. The normalized spacial score (nSPS) is 10.8. The highest BCUT2D eigenvalue weighted by molar-refractivity contribution is 7.98. The summed E-state index contributed by atoms with van der Waals surface area (Å²) in [6.45, 7) is 4.61. The van der Waals surface area contributed by atoms with Crippen LogP contribution in [0, 0.1) is 0 Å². The number of hydrogen-bond donors (Lipinski definition) is 1. The zero-order chi connectivity index (χ0) is 19.8. The first kappa shape index (κ1) is 20.4. The Morgan fingerprint density at radius 3 is 2.68 bits per heavy atom. The molecule has 0 saturated carbocycles. The van der Waals surface area contributed by atoms with E-state index in [0.717, 1.165) is 28.5 Å². The Morgan fingerprint density at radius 1 is 1.18 bits per heavy atom. The van der Waals surface area contributed by atoms with E-state index in [1.807, 2.05) is 73.3 Å². The summed E-state index contributed by atoms with van der Waals surface area (Å²) in [6, 6.07) is 15.7. The van der Waals surface area contributed by atoms with Crippen LogP contribution < -0.4 is 10.1 Å². The van der Waals surface area contributed by atoms with Gasteiger partial charge in [0.1, 0.15) is 5.75 Å². The van der Waals surface area contributed by atoms with Gasteiger partial charge in [-0.3, -0.25) is 4.79 Å². The van der Waals surface area contributed by atoms with Crippen LogP contribution >= 0.6 is 23.1 Å². The van der Waals surface area contributed by atoms with Gasteiger partial charge in [-0.15, -0.1) is 23.1 Å². The molecule has 1 aromatic heterocycles. The maximum atomic E-state index is 12.6. The number of amides is 1. The minimum atomic E-state index is -0.0406. The largest absolute Gasteiger partial charge is 0.491 e. The maximum absolute atomic E-state index is 12.6. The van der Waals surface area contributed by atoms with Gasteiger partial charge in [0, 0.05) is 22.6 Å². The van der Waals surface area contributed by atoms with Crippen LogP contribution in [0.15, 0.2) is 64.3 Å². The van der Waals surface area contributed by atoms with Crippen molar-refractivity contribution in [2.45, 2.75) is 37.0 Å². The third-order valence-corrected chi connectivity index (χ3v) is 5.73. The summed E-state index contributed by atoms with van der Waals surface area (Å²) in [7, 11) is 0. The molecule has 0 unspecified atom stereocenters. The van der Waals surface area contributed by atoms with E-state index in [-0.39, 0.29) is 12.0 Å². The average Bonchev–Trinajstić information content (AvgIpc) is 3.21. The smallest absolute Gasteiger partial charge is 0.252 e. The Balaban J connectivity index is 1.52. The van der Waals surface area contributed by atoms with Gasteiger partial charge in [0.05, 0.1) is 22.9 Å². The van der Waals surface area contributed by atoms with E-state index >= 15 is 0 Å². The zero-order valence-electron chi connectivity index (χ0n) is 16.1. The summed E-state index contributed by atoms with van der Waals surface area (Å²) < 4.78 is 5.66. The predicted molar refractivity (Wildman–Crippen MR) is 116 cm³/mol. The van der Waals surface area contributed by atoms with Gasteiger partial charge in [0.15, 0.2) is 0 Å². The van der Waals surface area contributed by atoms with Gasteiger partial charge in [-0.1, -0.05) is 24.3 Å². The second-order valence-electron chi connectivity index (χ2n) is 6.58. The van der Waals surface area contributed by atoms with Crippen LogP contribution in [0.5, 0.6) is 5.75 Å². The van der Waals surface area contributed by atoms with E-state index in [0.29, 0.717) is 12.1 Å². The number of benzene rings is 2. The molecule has 0 fully saturated rings. The molecule has 1 amide bonds. The highest BCUT2D eigenvalue weighted by Gasteiger charge is 2.11. The van der Waals surface area contributed by atoms with E-state index in [1.54, 1.807) is 23.1 Å².